The number of hydrogen-bond donors (Lipinski definition) is 4. The summed E-state index contributed by atoms with van der Waals surface area (Å²) in [5.41, 5.74) is 5.70. The highest BCUT2D eigenvalue weighted by molar-refractivity contribution is 7.20. The molecule has 2 unspecified atom stereocenters. The first-order valence-electron chi connectivity index (χ1n) is 16.5. The first kappa shape index (κ1) is 33.1. The molecule has 10 heteroatoms. The van der Waals surface area contributed by atoms with Crippen LogP contribution in [0.3, 0.4) is 0 Å². The number of carboxylic acid groups (broad SMARTS) is 1. The number of aryl methyl sites for hydroxylation is 1. The van der Waals surface area contributed by atoms with Crippen molar-refractivity contribution in [2.75, 3.05) is 26.2 Å². The number of likely N-dealkylation sites (tertiary alicyclic amines) is 1. The lowest BCUT2D eigenvalue weighted by Crippen LogP contribution is -2.33. The number of carbonyl (C=O) groups is 2. The molecule has 1 aromatic carbocycles. The minimum atomic E-state index is -0.250. The quantitative estimate of drug-likeness (QED) is 0.183. The number of H-pyrrole nitrogens is 1. The molecule has 0 spiro atoms. The van der Waals surface area contributed by atoms with Gasteiger partial charge in [0.05, 0.1) is 10.9 Å². The summed E-state index contributed by atoms with van der Waals surface area (Å²) in [6.45, 7) is 9.99. The third-order valence-corrected chi connectivity index (χ3v) is 11.5. The zero-order valence-corrected chi connectivity index (χ0v) is 28.1. The predicted octanol–water partition coefficient (Wildman–Crippen LogP) is 5.53. The maximum Gasteiger partial charge on any atom is 0.290 e. The van der Waals surface area contributed by atoms with Crippen LogP contribution in [0.4, 0.5) is 0 Å². The fourth-order valence-electron chi connectivity index (χ4n) is 7.53. The first-order valence-corrected chi connectivity index (χ1v) is 17.3. The largest absolute Gasteiger partial charge is 0.483 e. The van der Waals surface area contributed by atoms with E-state index in [9.17, 15) is 14.7 Å². The number of carbonyl (C=O) groups excluding carboxylic acids is 1. The highest BCUT2D eigenvalue weighted by Crippen LogP contribution is 2.51. The van der Waals surface area contributed by atoms with Crippen molar-refractivity contribution in [1.29, 1.82) is 0 Å². The topological polar surface area (TPSA) is 136 Å². The number of aliphatic hydroxyl groups is 1. The number of rotatable bonds is 8. The van der Waals surface area contributed by atoms with Crippen molar-refractivity contribution in [3.63, 3.8) is 0 Å². The lowest BCUT2D eigenvalue weighted by Gasteiger charge is -2.34. The third kappa shape index (κ3) is 7.35. The van der Waals surface area contributed by atoms with Gasteiger partial charge in [0.15, 0.2) is 0 Å². The molecule has 248 valence electrons. The van der Waals surface area contributed by atoms with Gasteiger partial charge in [0.1, 0.15) is 4.83 Å². The molecule has 1 saturated carbocycles. The van der Waals surface area contributed by atoms with Crippen molar-refractivity contribution in [2.45, 2.75) is 52.5 Å². The minimum absolute atomic E-state index is 0.0575. The van der Waals surface area contributed by atoms with Gasteiger partial charge < -0.3 is 25.4 Å². The molecule has 1 saturated heterocycles. The van der Waals surface area contributed by atoms with E-state index in [4.69, 9.17) is 14.9 Å². The number of amides is 1. The van der Waals surface area contributed by atoms with Gasteiger partial charge in [0, 0.05) is 49.6 Å². The Morgan fingerprint density at radius 2 is 1.83 bits per heavy atom. The Bertz CT molecular complexity index is 1760. The van der Waals surface area contributed by atoms with Crippen LogP contribution in [0.2, 0.25) is 0 Å². The Morgan fingerprint density at radius 1 is 1.13 bits per heavy atom. The smallest absolute Gasteiger partial charge is 0.290 e. The van der Waals surface area contributed by atoms with Crippen LogP contribution in [0.1, 0.15) is 66.1 Å². The minimum Gasteiger partial charge on any atom is -0.483 e. The maximum atomic E-state index is 13.8. The lowest BCUT2D eigenvalue weighted by molar-refractivity contribution is -0.122. The average molecular weight is 657 g/mol. The van der Waals surface area contributed by atoms with Gasteiger partial charge in [-0.15, -0.1) is 11.3 Å². The number of aliphatic hydroxyl groups excluding tert-OH is 1. The van der Waals surface area contributed by atoms with E-state index in [-0.39, 0.29) is 29.4 Å². The van der Waals surface area contributed by atoms with Gasteiger partial charge in [0.25, 0.3) is 12.4 Å². The van der Waals surface area contributed by atoms with Gasteiger partial charge in [-0.1, -0.05) is 45.0 Å². The van der Waals surface area contributed by atoms with E-state index in [2.05, 4.69) is 66.3 Å². The maximum absolute atomic E-state index is 13.8. The molecule has 0 bridgehead atoms. The molecule has 4 atom stereocenters. The fraction of sp³-hybridized carbons (Fsp3) is 0.459. The fourth-order valence-corrected chi connectivity index (χ4v) is 8.46. The Morgan fingerprint density at radius 3 is 2.47 bits per heavy atom. The number of fused-ring (bicyclic) bond motifs is 3. The second-order valence-electron chi connectivity index (χ2n) is 14.3. The molecular formula is C37H44N4O5S. The molecule has 4 heterocycles. The predicted molar refractivity (Wildman–Crippen MR) is 185 cm³/mol. The van der Waals surface area contributed by atoms with Crippen LogP contribution < -0.4 is 10.9 Å². The van der Waals surface area contributed by atoms with Crippen molar-refractivity contribution in [1.82, 2.24) is 20.2 Å². The van der Waals surface area contributed by atoms with E-state index in [0.29, 0.717) is 35.2 Å². The van der Waals surface area contributed by atoms with Crippen LogP contribution in [-0.2, 0) is 17.6 Å². The zero-order valence-electron chi connectivity index (χ0n) is 27.2. The van der Waals surface area contributed by atoms with Crippen molar-refractivity contribution < 1.29 is 19.8 Å². The van der Waals surface area contributed by atoms with Crippen LogP contribution in [0, 0.1) is 29.1 Å². The molecule has 47 heavy (non-hydrogen) atoms. The number of nitrogens with zero attached hydrogens (tertiary/aromatic N) is 2. The molecule has 9 nitrogen and oxygen atoms in total. The van der Waals surface area contributed by atoms with Gasteiger partial charge in [-0.2, -0.15) is 0 Å². The van der Waals surface area contributed by atoms with Crippen LogP contribution in [0.15, 0.2) is 59.5 Å². The Balaban J connectivity index is 0.00000124. The summed E-state index contributed by atoms with van der Waals surface area (Å²) in [6.07, 6.45) is 5.74. The van der Waals surface area contributed by atoms with Crippen LogP contribution >= 0.6 is 11.3 Å². The normalized spacial score (nSPS) is 22.5. The number of aromatic nitrogens is 2. The van der Waals surface area contributed by atoms with Gasteiger partial charge >= 0.3 is 0 Å². The molecule has 7 rings (SSSR count). The van der Waals surface area contributed by atoms with Gasteiger partial charge in [-0.25, -0.2) is 4.98 Å². The van der Waals surface area contributed by atoms with E-state index in [1.165, 1.54) is 28.7 Å². The number of pyridine rings is 2. The van der Waals surface area contributed by atoms with Crippen molar-refractivity contribution >= 4 is 33.9 Å². The Kier molecular flexibility index (Phi) is 9.64. The van der Waals surface area contributed by atoms with E-state index in [1.807, 2.05) is 12.1 Å². The molecule has 4 N–H and O–H groups in total. The van der Waals surface area contributed by atoms with E-state index in [1.54, 1.807) is 6.20 Å². The molecule has 4 aromatic rings. The molecule has 3 aromatic heterocycles. The molecule has 1 aliphatic heterocycles. The number of benzene rings is 1. The summed E-state index contributed by atoms with van der Waals surface area (Å²) in [7, 11) is 0. The highest BCUT2D eigenvalue weighted by Gasteiger charge is 2.54. The summed E-state index contributed by atoms with van der Waals surface area (Å²) >= 11 is 1.49. The van der Waals surface area contributed by atoms with Crippen molar-refractivity contribution in [2.24, 2.45) is 29.1 Å². The van der Waals surface area contributed by atoms with Crippen LogP contribution in [-0.4, -0.2) is 63.7 Å². The van der Waals surface area contributed by atoms with Gasteiger partial charge in [-0.3, -0.25) is 14.4 Å². The molecule has 1 amide bonds. The second kappa shape index (κ2) is 13.7. The van der Waals surface area contributed by atoms with E-state index < -0.39 is 0 Å². The van der Waals surface area contributed by atoms with Crippen LogP contribution in [0.5, 0.6) is 0 Å². The average Bonchev–Trinajstić information content (AvgIpc) is 3.33. The summed E-state index contributed by atoms with van der Waals surface area (Å²) in [5, 5.41) is 20.9. The zero-order chi connectivity index (χ0) is 33.3. The Labute approximate surface area is 279 Å². The van der Waals surface area contributed by atoms with Gasteiger partial charge in [0.2, 0.25) is 5.56 Å². The summed E-state index contributed by atoms with van der Waals surface area (Å²) < 4.78 is 0. The number of piperidine rings is 1. The molecule has 3 aliphatic rings. The van der Waals surface area contributed by atoms with Crippen molar-refractivity contribution in [3.05, 3.63) is 86.8 Å². The summed E-state index contributed by atoms with van der Waals surface area (Å²) in [6, 6.07) is 15.8. The first-order chi connectivity index (χ1) is 22.6. The molecule has 2 aliphatic carbocycles. The monoisotopic (exact) mass is 656 g/mol. The van der Waals surface area contributed by atoms with E-state index in [0.717, 1.165) is 72.2 Å². The summed E-state index contributed by atoms with van der Waals surface area (Å²) in [4.78, 5) is 45.5. The number of nitrogens with one attached hydrogen (secondary N) is 2. The number of aromatic amines is 1. The molecule has 0 radical (unpaired) electrons. The Hall–Kier alpha value is -3.86. The van der Waals surface area contributed by atoms with Crippen molar-refractivity contribution in [3.8, 4) is 11.1 Å². The SMILES string of the molecule is CC(C)(C)[C@H]1CCc2nc3sc(C(=O)N[C@H](CCN4CC5C(CO)C5C4)c4ccc(-c5ccc(=O)[nH]c5)cc4)cc3cc2C1.O=CO. The third-order valence-electron chi connectivity index (χ3n) is 10.4. The van der Waals surface area contributed by atoms with E-state index >= 15 is 0 Å². The molecular weight excluding hydrogens is 612 g/mol. The van der Waals surface area contributed by atoms with Crippen LogP contribution in [0.25, 0.3) is 21.3 Å². The highest BCUT2D eigenvalue weighted by atomic mass is 32.1. The number of hydrogen-bond acceptors (Lipinski definition) is 7. The second-order valence-corrected chi connectivity index (χ2v) is 15.4. The lowest BCUT2D eigenvalue weighted by atomic mass is 9.71. The summed E-state index contributed by atoms with van der Waals surface area (Å²) in [5.74, 6) is 2.31. The molecule has 2 fully saturated rings. The standard InChI is InChI=1S/C36H42N4O3S.CH2O2/c1-36(2,3)26-9-10-30-24(15-26)14-25-16-32(44-35(25)39-30)34(43)38-31(12-13-40-18-27-28(19-40)29(27)20-41)22-6-4-21(5-7-22)23-8-11-33(42)37-17-23;2-1-3/h4-8,11,14,16-17,26-29,31,41H,9-10,12-13,15,18-20H2,1-3H3,(H,37,42)(H,38,43);1H,(H,2,3)/t26-,27?,28?,29?,31+;/m0./s1. The number of thiophene rings is 1. The van der Waals surface area contributed by atoms with Gasteiger partial charge in [-0.05, 0) is 95.2 Å².